The molecule has 1 rings (SSSR count). The number of nitrogens with one attached hydrogen (secondary N) is 1. The van der Waals surface area contributed by atoms with Gasteiger partial charge in [-0.15, -0.1) is 0 Å². The molecule has 0 saturated carbocycles. The second-order valence-corrected chi connectivity index (χ2v) is 6.11. The van der Waals surface area contributed by atoms with Crippen LogP contribution in [0.1, 0.15) is 47.5 Å². The SMILES string of the molecule is CC1CC(C)(C)N(C)C(C)(N)CC(C)N1. The van der Waals surface area contributed by atoms with Gasteiger partial charge in [0.2, 0.25) is 0 Å². The lowest BCUT2D eigenvalue weighted by molar-refractivity contribution is 0.00102. The maximum Gasteiger partial charge on any atom is 0.0674 e. The van der Waals surface area contributed by atoms with E-state index in [0.29, 0.717) is 12.1 Å². The molecule has 3 atom stereocenters. The van der Waals surface area contributed by atoms with Crippen LogP contribution >= 0.6 is 0 Å². The van der Waals surface area contributed by atoms with Crippen LogP contribution in [0.2, 0.25) is 0 Å². The Labute approximate surface area is 94.4 Å². The fourth-order valence-corrected chi connectivity index (χ4v) is 2.94. The van der Waals surface area contributed by atoms with E-state index in [0.717, 1.165) is 12.8 Å². The van der Waals surface area contributed by atoms with Crippen LogP contribution < -0.4 is 11.1 Å². The predicted molar refractivity (Wildman–Crippen MR) is 65.7 cm³/mol. The first-order valence-corrected chi connectivity index (χ1v) is 5.94. The molecule has 90 valence electrons. The molecule has 0 bridgehead atoms. The monoisotopic (exact) mass is 213 g/mol. The molecular weight excluding hydrogens is 186 g/mol. The van der Waals surface area contributed by atoms with Crippen molar-refractivity contribution < 1.29 is 0 Å². The van der Waals surface area contributed by atoms with Crippen molar-refractivity contribution >= 4 is 0 Å². The van der Waals surface area contributed by atoms with Crippen molar-refractivity contribution in [2.24, 2.45) is 5.73 Å². The minimum absolute atomic E-state index is 0.149. The van der Waals surface area contributed by atoms with Crippen molar-refractivity contribution in [2.75, 3.05) is 7.05 Å². The van der Waals surface area contributed by atoms with E-state index in [1.165, 1.54) is 0 Å². The second-order valence-electron chi connectivity index (χ2n) is 6.11. The minimum Gasteiger partial charge on any atom is -0.313 e. The lowest BCUT2D eigenvalue weighted by Crippen LogP contribution is -2.65. The zero-order valence-electron chi connectivity index (χ0n) is 11.1. The molecule has 15 heavy (non-hydrogen) atoms. The lowest BCUT2D eigenvalue weighted by atomic mass is 9.87. The Morgan fingerprint density at radius 2 is 1.60 bits per heavy atom. The molecule has 0 radical (unpaired) electrons. The quantitative estimate of drug-likeness (QED) is 0.641. The summed E-state index contributed by atoms with van der Waals surface area (Å²) in [7, 11) is 2.14. The van der Waals surface area contributed by atoms with Crippen LogP contribution in [0.25, 0.3) is 0 Å². The molecule has 1 saturated heterocycles. The van der Waals surface area contributed by atoms with Crippen LogP contribution in [-0.4, -0.2) is 35.2 Å². The van der Waals surface area contributed by atoms with Crippen LogP contribution in [0.4, 0.5) is 0 Å². The largest absolute Gasteiger partial charge is 0.313 e. The first kappa shape index (κ1) is 12.9. The summed E-state index contributed by atoms with van der Waals surface area (Å²) in [4.78, 5) is 2.33. The topological polar surface area (TPSA) is 41.3 Å². The molecule has 3 heteroatoms. The fraction of sp³-hybridized carbons (Fsp3) is 1.00. The van der Waals surface area contributed by atoms with Crippen LogP contribution in [0.15, 0.2) is 0 Å². The van der Waals surface area contributed by atoms with Gasteiger partial charge in [-0.05, 0) is 54.5 Å². The van der Waals surface area contributed by atoms with Crippen molar-refractivity contribution in [3.8, 4) is 0 Å². The Hall–Kier alpha value is -0.120. The number of nitrogens with zero attached hydrogens (tertiary/aromatic N) is 1. The van der Waals surface area contributed by atoms with Crippen molar-refractivity contribution in [3.05, 3.63) is 0 Å². The van der Waals surface area contributed by atoms with E-state index in [2.05, 4.69) is 51.9 Å². The molecule has 0 aromatic carbocycles. The third kappa shape index (κ3) is 2.92. The van der Waals surface area contributed by atoms with Gasteiger partial charge in [-0.25, -0.2) is 0 Å². The van der Waals surface area contributed by atoms with Gasteiger partial charge in [-0.3, -0.25) is 4.90 Å². The Morgan fingerprint density at radius 3 is 2.13 bits per heavy atom. The summed E-state index contributed by atoms with van der Waals surface area (Å²) < 4.78 is 0. The molecule has 1 heterocycles. The minimum atomic E-state index is -0.226. The Morgan fingerprint density at radius 1 is 1.13 bits per heavy atom. The first-order chi connectivity index (χ1) is 6.65. The third-order valence-corrected chi connectivity index (χ3v) is 3.77. The molecule has 0 aliphatic carbocycles. The van der Waals surface area contributed by atoms with Crippen LogP contribution in [0.5, 0.6) is 0 Å². The molecule has 3 nitrogen and oxygen atoms in total. The van der Waals surface area contributed by atoms with E-state index < -0.39 is 0 Å². The van der Waals surface area contributed by atoms with Gasteiger partial charge in [-0.2, -0.15) is 0 Å². The third-order valence-electron chi connectivity index (χ3n) is 3.77. The number of hydrogen-bond acceptors (Lipinski definition) is 3. The smallest absolute Gasteiger partial charge is 0.0674 e. The zero-order chi connectivity index (χ0) is 11.9. The molecule has 3 unspecified atom stereocenters. The summed E-state index contributed by atoms with van der Waals surface area (Å²) >= 11 is 0. The van der Waals surface area contributed by atoms with Gasteiger partial charge in [0.05, 0.1) is 5.66 Å². The first-order valence-electron chi connectivity index (χ1n) is 5.94. The molecule has 0 aromatic heterocycles. The van der Waals surface area contributed by atoms with E-state index >= 15 is 0 Å². The molecule has 1 aliphatic rings. The van der Waals surface area contributed by atoms with Gasteiger partial charge in [0.15, 0.2) is 0 Å². The summed E-state index contributed by atoms with van der Waals surface area (Å²) in [6.45, 7) is 11.1. The normalized spacial score (nSPS) is 43.4. The van der Waals surface area contributed by atoms with Crippen LogP contribution in [-0.2, 0) is 0 Å². The van der Waals surface area contributed by atoms with E-state index in [4.69, 9.17) is 5.73 Å². The highest BCUT2D eigenvalue weighted by Crippen LogP contribution is 2.29. The van der Waals surface area contributed by atoms with Gasteiger partial charge in [0.1, 0.15) is 0 Å². The van der Waals surface area contributed by atoms with Crippen LogP contribution in [0.3, 0.4) is 0 Å². The van der Waals surface area contributed by atoms with E-state index in [1.807, 2.05) is 0 Å². The summed E-state index contributed by atoms with van der Waals surface area (Å²) in [6.07, 6.45) is 2.11. The standard InChI is InChI=1S/C12H27N3/c1-9-7-11(3,4)15(6)12(5,13)8-10(2)14-9/h9-10,14H,7-8,13H2,1-6H3. The number of rotatable bonds is 0. The second kappa shape index (κ2) is 4.04. The van der Waals surface area contributed by atoms with E-state index in [9.17, 15) is 0 Å². The van der Waals surface area contributed by atoms with Crippen molar-refractivity contribution in [2.45, 2.75) is 70.7 Å². The van der Waals surface area contributed by atoms with Gasteiger partial charge < -0.3 is 11.1 Å². The molecule has 0 spiro atoms. The molecular formula is C12H27N3. The predicted octanol–water partition coefficient (Wildman–Crippen LogP) is 1.53. The van der Waals surface area contributed by atoms with Gasteiger partial charge >= 0.3 is 0 Å². The Bertz CT molecular complexity index is 201. The highest BCUT2D eigenvalue weighted by Gasteiger charge is 2.39. The molecule has 0 aromatic rings. The summed E-state index contributed by atoms with van der Waals surface area (Å²) in [5, 5.41) is 3.61. The van der Waals surface area contributed by atoms with Gasteiger partial charge in [-0.1, -0.05) is 0 Å². The molecule has 0 amide bonds. The van der Waals surface area contributed by atoms with Crippen molar-refractivity contribution in [3.63, 3.8) is 0 Å². The molecule has 1 aliphatic heterocycles. The van der Waals surface area contributed by atoms with Gasteiger partial charge in [0.25, 0.3) is 0 Å². The Kier molecular flexibility index (Phi) is 3.49. The van der Waals surface area contributed by atoms with E-state index in [-0.39, 0.29) is 11.2 Å². The van der Waals surface area contributed by atoms with Crippen molar-refractivity contribution in [1.82, 2.24) is 10.2 Å². The maximum atomic E-state index is 6.39. The summed E-state index contributed by atoms with van der Waals surface area (Å²) in [5.74, 6) is 0. The molecule has 1 fully saturated rings. The highest BCUT2D eigenvalue weighted by molar-refractivity contribution is 4.95. The number of hydrogen-bond donors (Lipinski definition) is 2. The van der Waals surface area contributed by atoms with Crippen molar-refractivity contribution in [1.29, 1.82) is 0 Å². The fourth-order valence-electron chi connectivity index (χ4n) is 2.94. The highest BCUT2D eigenvalue weighted by atomic mass is 15.3. The average Bonchev–Trinajstić information content (AvgIpc) is 1.98. The maximum absolute atomic E-state index is 6.39. The lowest BCUT2D eigenvalue weighted by Gasteiger charge is -2.50. The zero-order valence-corrected chi connectivity index (χ0v) is 11.1. The van der Waals surface area contributed by atoms with E-state index in [1.54, 1.807) is 0 Å². The molecule has 3 N–H and O–H groups in total. The Balaban J connectivity index is 2.90. The van der Waals surface area contributed by atoms with Crippen LogP contribution in [0, 0.1) is 0 Å². The van der Waals surface area contributed by atoms with Gasteiger partial charge in [0, 0.05) is 17.6 Å². The summed E-state index contributed by atoms with van der Waals surface area (Å²) in [5.41, 5.74) is 6.31. The number of nitrogens with two attached hydrogens (primary N) is 1. The average molecular weight is 213 g/mol. The summed E-state index contributed by atoms with van der Waals surface area (Å²) in [6, 6.07) is 1.03.